The molecule has 0 aliphatic heterocycles. The van der Waals surface area contributed by atoms with Crippen molar-refractivity contribution in [3.05, 3.63) is 63.9 Å². The zero-order valence-electron chi connectivity index (χ0n) is 19.4. The summed E-state index contributed by atoms with van der Waals surface area (Å²) >= 11 is 13.3. The summed E-state index contributed by atoms with van der Waals surface area (Å²) in [5.74, 6) is 1.02. The van der Waals surface area contributed by atoms with Crippen LogP contribution in [0.25, 0.3) is 0 Å². The summed E-state index contributed by atoms with van der Waals surface area (Å²) in [7, 11) is 0. The largest absolute Gasteiger partial charge is 0.492 e. The number of nitrogens with zero attached hydrogens (tertiary/aromatic N) is 3. The zero-order valence-corrected chi connectivity index (χ0v) is 21.8. The van der Waals surface area contributed by atoms with Crippen LogP contribution in [-0.4, -0.2) is 45.6 Å². The number of carbonyl (C=O) groups is 2. The molecular formula is C24H26Cl2N4O4S. The second-order valence-electron chi connectivity index (χ2n) is 7.30. The number of nitrogens with one attached hydrogen (secondary N) is 1. The van der Waals surface area contributed by atoms with Crippen LogP contribution in [-0.2, 0) is 22.5 Å². The van der Waals surface area contributed by atoms with E-state index in [0.29, 0.717) is 58.4 Å². The maximum atomic E-state index is 12.4. The van der Waals surface area contributed by atoms with Gasteiger partial charge in [0.15, 0.2) is 5.16 Å². The first-order valence-corrected chi connectivity index (χ1v) is 12.8. The van der Waals surface area contributed by atoms with Gasteiger partial charge in [-0.2, -0.15) is 0 Å². The van der Waals surface area contributed by atoms with Crippen molar-refractivity contribution in [3.8, 4) is 5.75 Å². The van der Waals surface area contributed by atoms with Gasteiger partial charge in [-0.15, -0.1) is 10.2 Å². The number of amides is 1. The number of hydrogen-bond acceptors (Lipinski definition) is 7. The Hall–Kier alpha value is -2.75. The Labute approximate surface area is 218 Å². The van der Waals surface area contributed by atoms with Gasteiger partial charge in [0.25, 0.3) is 0 Å². The van der Waals surface area contributed by atoms with E-state index in [1.54, 1.807) is 49.4 Å². The highest BCUT2D eigenvalue weighted by atomic mass is 35.5. The van der Waals surface area contributed by atoms with E-state index in [-0.39, 0.29) is 11.7 Å². The number of carbonyl (C=O) groups excluding carboxylic acids is 2. The molecule has 0 atom stereocenters. The SMILES string of the molecule is CCOC(=O)c1ccc(NC(=O)CSc2nnc(CCCOc3ccc(Cl)cc3Cl)n2CC)cc1. The van der Waals surface area contributed by atoms with Crippen molar-refractivity contribution >= 4 is 52.5 Å². The standard InChI is InChI=1S/C24H26Cl2N4O4S/c1-3-30-21(6-5-13-34-20-12-9-17(25)14-19(20)26)28-29-24(30)35-15-22(31)27-18-10-7-16(8-11-18)23(32)33-4-2/h7-12,14H,3-6,13,15H2,1-2H3,(H,27,31). The van der Waals surface area contributed by atoms with Gasteiger partial charge in [0.1, 0.15) is 11.6 Å². The molecule has 8 nitrogen and oxygen atoms in total. The Morgan fingerprint density at radius 3 is 2.54 bits per heavy atom. The van der Waals surface area contributed by atoms with Gasteiger partial charge in [-0.25, -0.2) is 4.79 Å². The molecule has 3 rings (SSSR count). The van der Waals surface area contributed by atoms with Gasteiger partial charge in [0.2, 0.25) is 5.91 Å². The van der Waals surface area contributed by atoms with Crippen molar-refractivity contribution < 1.29 is 19.1 Å². The number of esters is 1. The minimum absolute atomic E-state index is 0.177. The summed E-state index contributed by atoms with van der Waals surface area (Å²) in [6.07, 6.45) is 1.40. The van der Waals surface area contributed by atoms with Crippen LogP contribution in [0.3, 0.4) is 0 Å². The number of thioether (sulfide) groups is 1. The fraction of sp³-hybridized carbons (Fsp3) is 0.333. The number of anilines is 1. The molecule has 11 heteroatoms. The Balaban J connectivity index is 1.47. The van der Waals surface area contributed by atoms with Gasteiger partial charge in [-0.05, 0) is 62.7 Å². The van der Waals surface area contributed by atoms with E-state index in [2.05, 4.69) is 15.5 Å². The van der Waals surface area contributed by atoms with Crippen molar-refractivity contribution in [2.24, 2.45) is 0 Å². The number of ether oxygens (including phenoxy) is 2. The molecule has 1 heterocycles. The minimum Gasteiger partial charge on any atom is -0.492 e. The highest BCUT2D eigenvalue weighted by Gasteiger charge is 2.14. The Morgan fingerprint density at radius 2 is 1.86 bits per heavy atom. The molecule has 0 radical (unpaired) electrons. The third-order valence-electron chi connectivity index (χ3n) is 4.82. The van der Waals surface area contributed by atoms with E-state index >= 15 is 0 Å². The molecule has 186 valence electrons. The summed E-state index contributed by atoms with van der Waals surface area (Å²) < 4.78 is 12.7. The number of aromatic nitrogens is 3. The van der Waals surface area contributed by atoms with Crippen LogP contribution in [0.1, 0.15) is 36.5 Å². The van der Waals surface area contributed by atoms with Crippen LogP contribution >= 0.6 is 35.0 Å². The van der Waals surface area contributed by atoms with Gasteiger partial charge in [-0.1, -0.05) is 35.0 Å². The molecule has 1 amide bonds. The molecule has 35 heavy (non-hydrogen) atoms. The molecule has 1 N–H and O–H groups in total. The highest BCUT2D eigenvalue weighted by Crippen LogP contribution is 2.27. The first kappa shape index (κ1) is 26.8. The van der Waals surface area contributed by atoms with E-state index in [1.165, 1.54) is 11.8 Å². The molecule has 0 spiro atoms. The molecule has 0 aliphatic carbocycles. The molecule has 0 saturated heterocycles. The van der Waals surface area contributed by atoms with Gasteiger partial charge < -0.3 is 19.4 Å². The minimum atomic E-state index is -0.393. The van der Waals surface area contributed by atoms with E-state index in [9.17, 15) is 9.59 Å². The topological polar surface area (TPSA) is 95.3 Å². The van der Waals surface area contributed by atoms with Crippen LogP contribution in [0, 0.1) is 0 Å². The van der Waals surface area contributed by atoms with Gasteiger partial charge in [-0.3, -0.25) is 4.79 Å². The van der Waals surface area contributed by atoms with E-state index < -0.39 is 5.97 Å². The number of rotatable bonds is 12. The fourth-order valence-corrected chi connectivity index (χ4v) is 4.45. The van der Waals surface area contributed by atoms with Crippen molar-refractivity contribution in [3.63, 3.8) is 0 Å². The average molecular weight is 537 g/mol. The molecule has 3 aromatic rings. The number of aryl methyl sites for hydroxylation is 1. The quantitative estimate of drug-likeness (QED) is 0.185. The Bertz CT molecular complexity index is 1150. The molecule has 0 bridgehead atoms. The third kappa shape index (κ3) is 7.88. The lowest BCUT2D eigenvalue weighted by Crippen LogP contribution is -2.15. The van der Waals surface area contributed by atoms with Crippen LogP contribution in [0.2, 0.25) is 10.0 Å². The van der Waals surface area contributed by atoms with E-state index in [1.807, 2.05) is 11.5 Å². The number of benzene rings is 2. The Morgan fingerprint density at radius 1 is 1.09 bits per heavy atom. The molecular weight excluding hydrogens is 511 g/mol. The molecule has 0 aliphatic rings. The lowest BCUT2D eigenvalue weighted by molar-refractivity contribution is -0.113. The summed E-state index contributed by atoms with van der Waals surface area (Å²) in [6, 6.07) is 11.7. The highest BCUT2D eigenvalue weighted by molar-refractivity contribution is 7.99. The van der Waals surface area contributed by atoms with E-state index in [4.69, 9.17) is 32.7 Å². The predicted molar refractivity (Wildman–Crippen MR) is 138 cm³/mol. The van der Waals surface area contributed by atoms with Crippen molar-refractivity contribution in [2.45, 2.75) is 38.4 Å². The van der Waals surface area contributed by atoms with Crippen LogP contribution < -0.4 is 10.1 Å². The molecule has 0 unspecified atom stereocenters. The summed E-state index contributed by atoms with van der Waals surface area (Å²) in [5, 5.41) is 13.0. The zero-order chi connectivity index (χ0) is 25.2. The summed E-state index contributed by atoms with van der Waals surface area (Å²) in [5.41, 5.74) is 1.03. The van der Waals surface area contributed by atoms with Crippen LogP contribution in [0.15, 0.2) is 47.6 Å². The maximum absolute atomic E-state index is 12.4. The molecule has 0 saturated carbocycles. The number of halogens is 2. The van der Waals surface area contributed by atoms with Crippen molar-refractivity contribution in [1.29, 1.82) is 0 Å². The summed E-state index contributed by atoms with van der Waals surface area (Å²) in [4.78, 5) is 24.1. The maximum Gasteiger partial charge on any atom is 0.338 e. The second kappa shape index (κ2) is 13.4. The second-order valence-corrected chi connectivity index (χ2v) is 9.09. The van der Waals surface area contributed by atoms with Gasteiger partial charge in [0.05, 0.1) is 29.6 Å². The third-order valence-corrected chi connectivity index (χ3v) is 6.32. The first-order valence-electron chi connectivity index (χ1n) is 11.1. The molecule has 2 aromatic carbocycles. The lowest BCUT2D eigenvalue weighted by atomic mass is 10.2. The van der Waals surface area contributed by atoms with Crippen molar-refractivity contribution in [2.75, 3.05) is 24.3 Å². The number of hydrogen-bond donors (Lipinski definition) is 1. The van der Waals surface area contributed by atoms with Crippen LogP contribution in [0.5, 0.6) is 5.75 Å². The molecule has 1 aromatic heterocycles. The van der Waals surface area contributed by atoms with Crippen molar-refractivity contribution in [1.82, 2.24) is 14.8 Å². The smallest absolute Gasteiger partial charge is 0.338 e. The lowest BCUT2D eigenvalue weighted by Gasteiger charge is -2.10. The normalized spacial score (nSPS) is 10.7. The first-order chi connectivity index (χ1) is 16.9. The van der Waals surface area contributed by atoms with Gasteiger partial charge >= 0.3 is 5.97 Å². The predicted octanol–water partition coefficient (Wildman–Crippen LogP) is 5.52. The Kier molecular flexibility index (Phi) is 10.3. The van der Waals surface area contributed by atoms with E-state index in [0.717, 1.165) is 12.2 Å². The average Bonchev–Trinajstić information content (AvgIpc) is 3.24. The monoisotopic (exact) mass is 536 g/mol. The summed E-state index contributed by atoms with van der Waals surface area (Å²) in [6.45, 7) is 5.22. The molecule has 0 fully saturated rings. The van der Waals surface area contributed by atoms with Gasteiger partial charge in [0, 0.05) is 23.7 Å². The fourth-order valence-electron chi connectivity index (χ4n) is 3.16. The van der Waals surface area contributed by atoms with Crippen LogP contribution in [0.4, 0.5) is 5.69 Å².